The van der Waals surface area contributed by atoms with Gasteiger partial charge in [-0.1, -0.05) is 47.5 Å². The number of amides is 1. The zero-order valence-corrected chi connectivity index (χ0v) is 18.7. The number of carbonyl (C=O) groups is 1. The number of nitrogens with zero attached hydrogens (tertiary/aromatic N) is 4. The Labute approximate surface area is 190 Å². The van der Waals surface area contributed by atoms with E-state index in [-0.39, 0.29) is 18.3 Å². The van der Waals surface area contributed by atoms with Crippen molar-refractivity contribution < 1.29 is 9.18 Å². The Kier molecular flexibility index (Phi) is 6.50. The Bertz CT molecular complexity index is 1140. The average Bonchev–Trinajstić information content (AvgIpc) is 3.11. The van der Waals surface area contributed by atoms with E-state index in [1.807, 2.05) is 36.1 Å². The minimum absolute atomic E-state index is 0.00493. The highest BCUT2D eigenvalue weighted by Gasteiger charge is 2.23. The quantitative estimate of drug-likeness (QED) is 0.585. The molecule has 0 aliphatic carbocycles. The van der Waals surface area contributed by atoms with Gasteiger partial charge in [-0.05, 0) is 36.8 Å². The molecule has 0 saturated carbocycles. The molecule has 1 aliphatic rings. The number of H-pyrrole nitrogens is 1. The van der Waals surface area contributed by atoms with Gasteiger partial charge in [0.1, 0.15) is 12.4 Å². The highest BCUT2D eigenvalue weighted by atomic mass is 35.5. The van der Waals surface area contributed by atoms with Crippen molar-refractivity contribution >= 4 is 29.7 Å². The van der Waals surface area contributed by atoms with Crippen LogP contribution in [-0.4, -0.2) is 56.7 Å². The number of hydrogen-bond acceptors (Lipinski definition) is 4. The van der Waals surface area contributed by atoms with Crippen LogP contribution >= 0.6 is 23.8 Å². The van der Waals surface area contributed by atoms with Gasteiger partial charge in [-0.2, -0.15) is 5.10 Å². The molecule has 1 fully saturated rings. The van der Waals surface area contributed by atoms with Crippen molar-refractivity contribution in [2.24, 2.45) is 0 Å². The van der Waals surface area contributed by atoms with E-state index in [0.717, 1.165) is 29.8 Å². The number of hydrogen-bond donors (Lipinski definition) is 1. The third kappa shape index (κ3) is 5.03. The summed E-state index contributed by atoms with van der Waals surface area (Å²) in [6.45, 7) is 5.47. The fourth-order valence-corrected chi connectivity index (χ4v) is 4.09. The van der Waals surface area contributed by atoms with E-state index < -0.39 is 0 Å². The third-order valence-electron chi connectivity index (χ3n) is 5.50. The topological polar surface area (TPSA) is 57.2 Å². The van der Waals surface area contributed by atoms with Gasteiger partial charge in [0, 0.05) is 43.3 Å². The van der Waals surface area contributed by atoms with Gasteiger partial charge in [0.2, 0.25) is 5.91 Å². The number of nitrogens with one attached hydrogen (secondary N) is 1. The van der Waals surface area contributed by atoms with E-state index in [9.17, 15) is 9.18 Å². The van der Waals surface area contributed by atoms with Gasteiger partial charge in [0.15, 0.2) is 10.6 Å². The van der Waals surface area contributed by atoms with Crippen molar-refractivity contribution in [2.75, 3.05) is 26.2 Å². The lowest BCUT2D eigenvalue weighted by atomic mass is 10.1. The molecular weight excluding hydrogens is 437 g/mol. The molecule has 1 N–H and O–H groups in total. The first-order valence-corrected chi connectivity index (χ1v) is 10.9. The van der Waals surface area contributed by atoms with E-state index in [1.165, 1.54) is 12.1 Å². The summed E-state index contributed by atoms with van der Waals surface area (Å²) in [5.74, 6) is 0.320. The SMILES string of the molecule is Cc1ccc(-c2n[nH]c(=S)n2CC(=O)N2CCN(Cc3ccc(F)cc3Cl)CC2)cc1. The van der Waals surface area contributed by atoms with Crippen LogP contribution in [0.5, 0.6) is 0 Å². The molecule has 1 amide bonds. The third-order valence-corrected chi connectivity index (χ3v) is 6.16. The van der Waals surface area contributed by atoms with Crippen LogP contribution in [0, 0.1) is 17.5 Å². The van der Waals surface area contributed by atoms with Crippen LogP contribution in [0.1, 0.15) is 11.1 Å². The number of benzene rings is 2. The summed E-state index contributed by atoms with van der Waals surface area (Å²) in [4.78, 5) is 17.0. The number of rotatable bonds is 5. The molecule has 0 spiro atoms. The van der Waals surface area contributed by atoms with Crippen LogP contribution in [0.2, 0.25) is 5.02 Å². The van der Waals surface area contributed by atoms with Gasteiger partial charge < -0.3 is 4.90 Å². The molecule has 3 aromatic rings. The first kappa shape index (κ1) is 21.7. The van der Waals surface area contributed by atoms with E-state index >= 15 is 0 Å². The van der Waals surface area contributed by atoms with Gasteiger partial charge >= 0.3 is 0 Å². The number of halogens is 2. The molecule has 2 heterocycles. The predicted molar refractivity (Wildman–Crippen MR) is 121 cm³/mol. The van der Waals surface area contributed by atoms with Crippen LogP contribution in [0.3, 0.4) is 0 Å². The molecule has 9 heteroatoms. The van der Waals surface area contributed by atoms with Gasteiger partial charge in [-0.15, -0.1) is 0 Å². The minimum atomic E-state index is -0.341. The molecule has 1 aromatic heterocycles. The first-order valence-electron chi connectivity index (χ1n) is 10.1. The Hall–Kier alpha value is -2.55. The van der Waals surface area contributed by atoms with Crippen molar-refractivity contribution in [3.63, 3.8) is 0 Å². The van der Waals surface area contributed by atoms with Crippen molar-refractivity contribution in [3.05, 3.63) is 69.2 Å². The average molecular weight is 460 g/mol. The largest absolute Gasteiger partial charge is 0.339 e. The number of piperazine rings is 1. The molecule has 4 rings (SSSR count). The highest BCUT2D eigenvalue weighted by molar-refractivity contribution is 7.71. The van der Waals surface area contributed by atoms with E-state index in [2.05, 4.69) is 15.1 Å². The maximum atomic E-state index is 13.2. The lowest BCUT2D eigenvalue weighted by Crippen LogP contribution is -2.49. The van der Waals surface area contributed by atoms with E-state index in [1.54, 1.807) is 10.6 Å². The summed E-state index contributed by atoms with van der Waals surface area (Å²) < 4.78 is 15.4. The molecule has 0 unspecified atom stereocenters. The van der Waals surface area contributed by atoms with Crippen LogP contribution in [-0.2, 0) is 17.9 Å². The Morgan fingerprint density at radius 3 is 2.55 bits per heavy atom. The standard InChI is InChI=1S/C22H23ClFN5OS/c1-15-2-4-16(5-3-15)21-25-26-22(31)29(21)14-20(30)28-10-8-27(9-11-28)13-17-6-7-18(24)12-19(17)23/h2-7,12H,8-11,13-14H2,1H3,(H,26,31). The number of aryl methyl sites for hydroxylation is 1. The fraction of sp³-hybridized carbons (Fsp3) is 0.318. The zero-order chi connectivity index (χ0) is 22.0. The Morgan fingerprint density at radius 1 is 1.16 bits per heavy atom. The van der Waals surface area contributed by atoms with Gasteiger partial charge in [0.25, 0.3) is 0 Å². The molecule has 162 valence electrons. The summed E-state index contributed by atoms with van der Waals surface area (Å²) in [6, 6.07) is 12.4. The molecule has 0 atom stereocenters. The van der Waals surface area contributed by atoms with E-state index in [4.69, 9.17) is 23.8 Å². The number of aromatic nitrogens is 3. The molecule has 1 saturated heterocycles. The molecule has 31 heavy (non-hydrogen) atoms. The lowest BCUT2D eigenvalue weighted by molar-refractivity contribution is -0.133. The summed E-state index contributed by atoms with van der Waals surface area (Å²) in [5, 5.41) is 7.54. The molecular formula is C22H23ClFN5OS. The summed E-state index contributed by atoms with van der Waals surface area (Å²) in [6.07, 6.45) is 0. The second-order valence-electron chi connectivity index (χ2n) is 7.70. The van der Waals surface area contributed by atoms with Crippen LogP contribution < -0.4 is 0 Å². The fourth-order valence-electron chi connectivity index (χ4n) is 3.67. The highest BCUT2D eigenvalue weighted by Crippen LogP contribution is 2.21. The maximum absolute atomic E-state index is 13.2. The zero-order valence-electron chi connectivity index (χ0n) is 17.1. The van der Waals surface area contributed by atoms with Gasteiger partial charge in [0.05, 0.1) is 0 Å². The van der Waals surface area contributed by atoms with Crippen LogP contribution in [0.15, 0.2) is 42.5 Å². The van der Waals surface area contributed by atoms with Crippen LogP contribution in [0.4, 0.5) is 4.39 Å². The molecule has 0 radical (unpaired) electrons. The van der Waals surface area contributed by atoms with Crippen molar-refractivity contribution in [1.82, 2.24) is 24.6 Å². The second kappa shape index (κ2) is 9.30. The van der Waals surface area contributed by atoms with Crippen molar-refractivity contribution in [2.45, 2.75) is 20.0 Å². The van der Waals surface area contributed by atoms with Crippen molar-refractivity contribution in [3.8, 4) is 11.4 Å². The second-order valence-corrected chi connectivity index (χ2v) is 8.49. The molecule has 6 nitrogen and oxygen atoms in total. The molecule has 0 bridgehead atoms. The molecule has 2 aromatic carbocycles. The normalized spacial score (nSPS) is 14.7. The maximum Gasteiger partial charge on any atom is 0.242 e. The minimum Gasteiger partial charge on any atom is -0.339 e. The monoisotopic (exact) mass is 459 g/mol. The first-order chi connectivity index (χ1) is 14.9. The lowest BCUT2D eigenvalue weighted by Gasteiger charge is -2.35. The van der Waals surface area contributed by atoms with Crippen LogP contribution in [0.25, 0.3) is 11.4 Å². The van der Waals surface area contributed by atoms with Gasteiger partial charge in [-0.25, -0.2) is 4.39 Å². The number of aromatic amines is 1. The summed E-state index contributed by atoms with van der Waals surface area (Å²) >= 11 is 11.5. The molecule has 1 aliphatic heterocycles. The summed E-state index contributed by atoms with van der Waals surface area (Å²) in [7, 11) is 0. The van der Waals surface area contributed by atoms with Gasteiger partial charge in [-0.3, -0.25) is 19.4 Å². The van der Waals surface area contributed by atoms with Crippen molar-refractivity contribution in [1.29, 1.82) is 0 Å². The Balaban J connectivity index is 1.38. The summed E-state index contributed by atoms with van der Waals surface area (Å²) in [5.41, 5.74) is 2.95. The van der Waals surface area contributed by atoms with E-state index in [0.29, 0.717) is 35.3 Å². The number of carbonyl (C=O) groups excluding carboxylic acids is 1. The smallest absolute Gasteiger partial charge is 0.242 e. The predicted octanol–water partition coefficient (Wildman–Crippen LogP) is 4.05. The Morgan fingerprint density at radius 2 is 1.87 bits per heavy atom.